The van der Waals surface area contributed by atoms with E-state index >= 15 is 0 Å². The molecule has 14 heavy (non-hydrogen) atoms. The summed E-state index contributed by atoms with van der Waals surface area (Å²) in [6, 6.07) is 5.15. The molecule has 0 unspecified atom stereocenters. The normalized spacial score (nSPS) is 10.4. The van der Waals surface area contributed by atoms with Crippen molar-refractivity contribution < 1.29 is 9.53 Å². The van der Waals surface area contributed by atoms with Crippen molar-refractivity contribution in [1.82, 2.24) is 4.98 Å². The Morgan fingerprint density at radius 1 is 1.57 bits per heavy atom. The highest BCUT2D eigenvalue weighted by Crippen LogP contribution is 2.26. The summed E-state index contributed by atoms with van der Waals surface area (Å²) >= 11 is 7.08. The van der Waals surface area contributed by atoms with Gasteiger partial charge in [-0.15, -0.1) is 11.3 Å². The molecule has 0 aliphatic carbocycles. The Kier molecular flexibility index (Phi) is 2.39. The summed E-state index contributed by atoms with van der Waals surface area (Å²) in [7, 11) is 1.35. The molecule has 0 fully saturated rings. The zero-order valence-electron chi connectivity index (χ0n) is 7.28. The van der Waals surface area contributed by atoms with Gasteiger partial charge in [0.15, 0.2) is 4.47 Å². The predicted molar refractivity (Wildman–Crippen MR) is 56.0 cm³/mol. The van der Waals surface area contributed by atoms with Crippen molar-refractivity contribution in [2.75, 3.05) is 7.11 Å². The first kappa shape index (κ1) is 9.43. The van der Waals surface area contributed by atoms with E-state index in [1.54, 1.807) is 18.2 Å². The third-order valence-electron chi connectivity index (χ3n) is 1.78. The number of carbonyl (C=O) groups excluding carboxylic acids is 1. The number of thiazole rings is 1. The minimum absolute atomic E-state index is 0.351. The van der Waals surface area contributed by atoms with Crippen LogP contribution in [0.5, 0.6) is 0 Å². The molecule has 1 heterocycles. The molecule has 0 spiro atoms. The van der Waals surface area contributed by atoms with Crippen molar-refractivity contribution >= 4 is 39.1 Å². The molecule has 0 atom stereocenters. The Balaban J connectivity index is 2.55. The summed E-state index contributed by atoms with van der Waals surface area (Å²) in [4.78, 5) is 15.3. The van der Waals surface area contributed by atoms with E-state index in [2.05, 4.69) is 9.72 Å². The van der Waals surface area contributed by atoms with E-state index in [1.807, 2.05) is 0 Å². The molecule has 0 bridgehead atoms. The van der Waals surface area contributed by atoms with Gasteiger partial charge < -0.3 is 4.74 Å². The fraction of sp³-hybridized carbons (Fsp3) is 0.111. The first-order valence-electron chi connectivity index (χ1n) is 3.85. The smallest absolute Gasteiger partial charge is 0.337 e. The van der Waals surface area contributed by atoms with Crippen molar-refractivity contribution in [2.24, 2.45) is 0 Å². The van der Waals surface area contributed by atoms with E-state index in [4.69, 9.17) is 11.6 Å². The lowest BCUT2D eigenvalue weighted by Gasteiger charge is -1.97. The number of esters is 1. The van der Waals surface area contributed by atoms with Crippen LogP contribution in [0.1, 0.15) is 10.4 Å². The number of hydrogen-bond donors (Lipinski definition) is 0. The van der Waals surface area contributed by atoms with Gasteiger partial charge in [-0.05, 0) is 18.2 Å². The molecule has 0 amide bonds. The van der Waals surface area contributed by atoms with Gasteiger partial charge in [-0.25, -0.2) is 9.78 Å². The average molecular weight is 228 g/mol. The summed E-state index contributed by atoms with van der Waals surface area (Å²) in [6.45, 7) is 0. The van der Waals surface area contributed by atoms with E-state index < -0.39 is 0 Å². The molecule has 3 nitrogen and oxygen atoms in total. The first-order chi connectivity index (χ1) is 6.70. The van der Waals surface area contributed by atoms with Crippen LogP contribution in [0, 0.1) is 0 Å². The molecule has 5 heteroatoms. The number of benzene rings is 1. The van der Waals surface area contributed by atoms with Crippen molar-refractivity contribution in [1.29, 1.82) is 0 Å². The molecule has 1 aromatic carbocycles. The number of ether oxygens (including phenoxy) is 1. The highest BCUT2D eigenvalue weighted by Gasteiger charge is 2.08. The monoisotopic (exact) mass is 227 g/mol. The number of aromatic nitrogens is 1. The molecule has 0 saturated carbocycles. The molecule has 1 aromatic heterocycles. The molecule has 0 aliphatic rings. The minimum Gasteiger partial charge on any atom is -0.465 e. The van der Waals surface area contributed by atoms with E-state index in [1.165, 1.54) is 18.4 Å². The molecular weight excluding hydrogens is 222 g/mol. The Morgan fingerprint density at radius 3 is 3.07 bits per heavy atom. The minimum atomic E-state index is -0.351. The molecule has 2 rings (SSSR count). The maximum absolute atomic E-state index is 11.2. The maximum atomic E-state index is 11.2. The van der Waals surface area contributed by atoms with Crippen LogP contribution in [0.15, 0.2) is 18.2 Å². The van der Waals surface area contributed by atoms with Gasteiger partial charge >= 0.3 is 5.97 Å². The number of rotatable bonds is 1. The lowest BCUT2D eigenvalue weighted by atomic mass is 10.2. The SMILES string of the molecule is COC(=O)c1ccc2nc(Cl)sc2c1. The van der Waals surface area contributed by atoms with Gasteiger partial charge in [0.25, 0.3) is 0 Å². The van der Waals surface area contributed by atoms with Crippen molar-refractivity contribution in [2.45, 2.75) is 0 Å². The molecule has 0 aliphatic heterocycles. The predicted octanol–water partition coefficient (Wildman–Crippen LogP) is 2.74. The summed E-state index contributed by atoms with van der Waals surface area (Å²) < 4.78 is 5.97. The lowest BCUT2D eigenvalue weighted by Crippen LogP contribution is -1.99. The van der Waals surface area contributed by atoms with Crippen LogP contribution in [-0.4, -0.2) is 18.1 Å². The van der Waals surface area contributed by atoms with Crippen LogP contribution in [0.2, 0.25) is 4.47 Å². The van der Waals surface area contributed by atoms with Gasteiger partial charge in [-0.3, -0.25) is 0 Å². The molecule has 72 valence electrons. The third kappa shape index (κ3) is 1.58. The van der Waals surface area contributed by atoms with Crippen LogP contribution in [0.3, 0.4) is 0 Å². The standard InChI is InChI=1S/C9H6ClNO2S/c1-13-8(12)5-2-3-6-7(4-5)14-9(10)11-6/h2-4H,1H3. The van der Waals surface area contributed by atoms with Gasteiger partial charge in [-0.1, -0.05) is 11.6 Å². The summed E-state index contributed by atoms with van der Waals surface area (Å²) in [5.74, 6) is -0.351. The largest absolute Gasteiger partial charge is 0.465 e. The molecule has 2 aromatic rings. The molecule has 0 radical (unpaired) electrons. The molecule has 0 N–H and O–H groups in total. The van der Waals surface area contributed by atoms with Crippen molar-refractivity contribution in [3.63, 3.8) is 0 Å². The average Bonchev–Trinajstić information content (AvgIpc) is 2.55. The number of carbonyl (C=O) groups is 1. The summed E-state index contributed by atoms with van der Waals surface area (Å²) in [6.07, 6.45) is 0. The second-order valence-electron chi connectivity index (χ2n) is 2.64. The Hall–Kier alpha value is -1.13. The van der Waals surface area contributed by atoms with Crippen LogP contribution >= 0.6 is 22.9 Å². The first-order valence-corrected chi connectivity index (χ1v) is 5.04. The fourth-order valence-electron chi connectivity index (χ4n) is 1.14. The number of fused-ring (bicyclic) bond motifs is 1. The van der Waals surface area contributed by atoms with Crippen LogP contribution in [0.4, 0.5) is 0 Å². The second-order valence-corrected chi connectivity index (χ2v) is 4.25. The van der Waals surface area contributed by atoms with Crippen LogP contribution in [-0.2, 0) is 4.74 Å². The number of hydrogen-bond acceptors (Lipinski definition) is 4. The second kappa shape index (κ2) is 3.55. The van der Waals surface area contributed by atoms with E-state index in [9.17, 15) is 4.79 Å². The van der Waals surface area contributed by atoms with Gasteiger partial charge in [0.2, 0.25) is 0 Å². The van der Waals surface area contributed by atoms with Crippen molar-refractivity contribution in [3.8, 4) is 0 Å². The van der Waals surface area contributed by atoms with E-state index in [0.717, 1.165) is 10.2 Å². The number of nitrogens with zero attached hydrogens (tertiary/aromatic N) is 1. The lowest BCUT2D eigenvalue weighted by molar-refractivity contribution is 0.0601. The Bertz CT molecular complexity index is 495. The van der Waals surface area contributed by atoms with Gasteiger partial charge in [0.1, 0.15) is 0 Å². The van der Waals surface area contributed by atoms with Crippen molar-refractivity contribution in [3.05, 3.63) is 28.2 Å². The highest BCUT2D eigenvalue weighted by atomic mass is 35.5. The topological polar surface area (TPSA) is 39.2 Å². The van der Waals surface area contributed by atoms with E-state index in [0.29, 0.717) is 10.0 Å². The van der Waals surface area contributed by atoms with Gasteiger partial charge in [0.05, 0.1) is 22.9 Å². The highest BCUT2D eigenvalue weighted by molar-refractivity contribution is 7.22. The van der Waals surface area contributed by atoms with Crippen LogP contribution < -0.4 is 0 Å². The quantitative estimate of drug-likeness (QED) is 0.704. The summed E-state index contributed by atoms with van der Waals surface area (Å²) in [5, 5.41) is 0. The molecule has 0 saturated heterocycles. The number of halogens is 1. The molecular formula is C9H6ClNO2S. The Morgan fingerprint density at radius 2 is 2.36 bits per heavy atom. The van der Waals surface area contributed by atoms with E-state index in [-0.39, 0.29) is 5.97 Å². The summed E-state index contributed by atoms with van der Waals surface area (Å²) in [5.41, 5.74) is 1.31. The zero-order chi connectivity index (χ0) is 10.1. The van der Waals surface area contributed by atoms with Crippen LogP contribution in [0.25, 0.3) is 10.2 Å². The van der Waals surface area contributed by atoms with Gasteiger partial charge in [-0.2, -0.15) is 0 Å². The number of methoxy groups -OCH3 is 1. The third-order valence-corrected chi connectivity index (χ3v) is 2.91. The van der Waals surface area contributed by atoms with Gasteiger partial charge in [0, 0.05) is 0 Å². The zero-order valence-corrected chi connectivity index (χ0v) is 8.85. The fourth-order valence-corrected chi connectivity index (χ4v) is 2.21. The Labute approximate surface area is 89.3 Å². The maximum Gasteiger partial charge on any atom is 0.337 e.